The van der Waals surface area contributed by atoms with E-state index < -0.39 is 0 Å². The summed E-state index contributed by atoms with van der Waals surface area (Å²) in [7, 11) is 0. The third-order valence-electron chi connectivity index (χ3n) is 4.89. The highest BCUT2D eigenvalue weighted by Crippen LogP contribution is 2.30. The van der Waals surface area contributed by atoms with E-state index in [1.165, 1.54) is 11.1 Å². The molecule has 4 rings (SSSR count). The lowest BCUT2D eigenvalue weighted by atomic mass is 9.98. The first kappa shape index (κ1) is 15.6. The molecule has 2 aliphatic rings. The highest BCUT2D eigenvalue weighted by atomic mass is 32.1. The lowest BCUT2D eigenvalue weighted by Crippen LogP contribution is -2.48. The number of allylic oxidation sites excluding steroid dienone is 1. The first-order valence-corrected chi connectivity index (χ1v) is 9.72. The van der Waals surface area contributed by atoms with Gasteiger partial charge < -0.3 is 10.2 Å². The van der Waals surface area contributed by atoms with E-state index in [4.69, 9.17) is 4.98 Å². The molecule has 24 heavy (non-hydrogen) atoms. The monoisotopic (exact) mass is 341 g/mol. The summed E-state index contributed by atoms with van der Waals surface area (Å²) in [6.07, 6.45) is 8.60. The van der Waals surface area contributed by atoms with Crippen LogP contribution in [0.25, 0.3) is 10.2 Å². The summed E-state index contributed by atoms with van der Waals surface area (Å²) in [5.41, 5.74) is 2.05. The van der Waals surface area contributed by atoms with Crippen molar-refractivity contribution in [3.8, 4) is 0 Å². The van der Waals surface area contributed by atoms with Gasteiger partial charge in [0, 0.05) is 24.7 Å². The van der Waals surface area contributed by atoms with Gasteiger partial charge in [-0.2, -0.15) is 0 Å². The molecule has 4 nitrogen and oxygen atoms in total. The van der Waals surface area contributed by atoms with E-state index >= 15 is 0 Å². The van der Waals surface area contributed by atoms with Gasteiger partial charge in [-0.1, -0.05) is 29.5 Å². The van der Waals surface area contributed by atoms with Gasteiger partial charge >= 0.3 is 0 Å². The molecule has 5 heteroatoms. The molecular formula is C19H23N3OS. The van der Waals surface area contributed by atoms with Crippen LogP contribution in [-0.4, -0.2) is 30.0 Å². The van der Waals surface area contributed by atoms with Gasteiger partial charge in [0.05, 0.1) is 10.2 Å². The smallest absolute Gasteiger partial charge is 0.247 e. The minimum Gasteiger partial charge on any atom is -0.348 e. The van der Waals surface area contributed by atoms with Gasteiger partial charge in [-0.15, -0.1) is 0 Å². The molecule has 0 spiro atoms. The largest absolute Gasteiger partial charge is 0.348 e. The Labute approximate surface area is 146 Å². The third-order valence-corrected chi connectivity index (χ3v) is 5.99. The number of fused-ring (bicyclic) bond motifs is 1. The number of nitrogens with zero attached hydrogens (tertiary/aromatic N) is 2. The lowest BCUT2D eigenvalue weighted by Gasteiger charge is -2.33. The summed E-state index contributed by atoms with van der Waals surface area (Å²) in [4.78, 5) is 19.5. The fourth-order valence-corrected chi connectivity index (χ4v) is 4.59. The Morgan fingerprint density at radius 2 is 2.17 bits per heavy atom. The van der Waals surface area contributed by atoms with Gasteiger partial charge in [0.2, 0.25) is 5.91 Å². The van der Waals surface area contributed by atoms with E-state index in [9.17, 15) is 4.79 Å². The maximum absolute atomic E-state index is 12.4. The molecule has 2 aromatic rings. The summed E-state index contributed by atoms with van der Waals surface area (Å²) in [6, 6.07) is 8.49. The Morgan fingerprint density at radius 3 is 3.00 bits per heavy atom. The van der Waals surface area contributed by atoms with Gasteiger partial charge in [-0.25, -0.2) is 4.98 Å². The van der Waals surface area contributed by atoms with Crippen molar-refractivity contribution in [2.45, 2.75) is 44.6 Å². The second-order valence-corrected chi connectivity index (χ2v) is 7.71. The van der Waals surface area contributed by atoms with Crippen LogP contribution in [0.1, 0.15) is 38.5 Å². The first-order valence-electron chi connectivity index (χ1n) is 8.90. The Balaban J connectivity index is 1.43. The molecule has 1 atom stereocenters. The molecule has 1 fully saturated rings. The molecule has 1 aliphatic carbocycles. The molecule has 1 aromatic heterocycles. The second kappa shape index (κ2) is 6.93. The van der Waals surface area contributed by atoms with Crippen LogP contribution in [-0.2, 0) is 4.79 Å². The van der Waals surface area contributed by atoms with E-state index in [2.05, 4.69) is 34.5 Å². The van der Waals surface area contributed by atoms with E-state index in [1.807, 2.05) is 6.07 Å². The molecule has 1 amide bonds. The van der Waals surface area contributed by atoms with Crippen LogP contribution >= 0.6 is 11.3 Å². The van der Waals surface area contributed by atoms with Gasteiger partial charge in [-0.05, 0) is 50.7 Å². The van der Waals surface area contributed by atoms with Crippen LogP contribution in [0.3, 0.4) is 0 Å². The predicted molar refractivity (Wildman–Crippen MR) is 99.5 cm³/mol. The minimum atomic E-state index is 0.144. The van der Waals surface area contributed by atoms with Crippen molar-refractivity contribution in [3.63, 3.8) is 0 Å². The number of carbonyl (C=O) groups excluding carboxylic acids is 1. The van der Waals surface area contributed by atoms with Crippen molar-refractivity contribution < 1.29 is 4.79 Å². The molecule has 126 valence electrons. The van der Waals surface area contributed by atoms with Crippen LogP contribution in [0, 0.1) is 0 Å². The highest BCUT2D eigenvalue weighted by molar-refractivity contribution is 7.22. The molecule has 2 heterocycles. The molecule has 0 unspecified atom stereocenters. The number of hydrogen-bond donors (Lipinski definition) is 1. The number of rotatable bonds is 3. The molecule has 1 saturated heterocycles. The number of anilines is 1. The normalized spacial score (nSPS) is 21.6. The van der Waals surface area contributed by atoms with Crippen molar-refractivity contribution in [2.24, 2.45) is 0 Å². The molecule has 0 radical (unpaired) electrons. The zero-order valence-electron chi connectivity index (χ0n) is 13.8. The van der Waals surface area contributed by atoms with Gasteiger partial charge in [0.1, 0.15) is 0 Å². The SMILES string of the molecule is O=C(N[C@@H]1CCCN(c2nc3ccccc3s2)C1)C1=CCCCC1. The highest BCUT2D eigenvalue weighted by Gasteiger charge is 2.24. The Hall–Kier alpha value is -1.88. The average molecular weight is 341 g/mol. The fraction of sp³-hybridized carbons (Fsp3) is 0.474. The van der Waals surface area contributed by atoms with Crippen molar-refractivity contribution >= 4 is 32.6 Å². The number of piperidine rings is 1. The average Bonchev–Trinajstić information content (AvgIpc) is 3.07. The number of benzene rings is 1. The van der Waals surface area contributed by atoms with Gasteiger partial charge in [-0.3, -0.25) is 4.79 Å². The van der Waals surface area contributed by atoms with Gasteiger partial charge in [0.25, 0.3) is 0 Å². The summed E-state index contributed by atoms with van der Waals surface area (Å²) < 4.78 is 1.23. The van der Waals surface area contributed by atoms with Crippen LogP contribution in [0.15, 0.2) is 35.9 Å². The number of para-hydroxylation sites is 1. The molecule has 0 bridgehead atoms. The van der Waals surface area contributed by atoms with Crippen LogP contribution in [0.2, 0.25) is 0 Å². The lowest BCUT2D eigenvalue weighted by molar-refractivity contribution is -0.118. The Morgan fingerprint density at radius 1 is 1.25 bits per heavy atom. The topological polar surface area (TPSA) is 45.2 Å². The van der Waals surface area contributed by atoms with Crippen molar-refractivity contribution in [2.75, 3.05) is 18.0 Å². The fourth-order valence-electron chi connectivity index (χ4n) is 3.59. The van der Waals surface area contributed by atoms with E-state index in [-0.39, 0.29) is 11.9 Å². The summed E-state index contributed by atoms with van der Waals surface area (Å²) in [5, 5.41) is 4.33. The molecule has 1 aliphatic heterocycles. The van der Waals surface area contributed by atoms with Crippen molar-refractivity contribution in [1.29, 1.82) is 0 Å². The quantitative estimate of drug-likeness (QED) is 0.921. The Bertz CT molecular complexity index is 734. The first-order chi connectivity index (χ1) is 11.8. The zero-order chi connectivity index (χ0) is 16.4. The van der Waals surface area contributed by atoms with Crippen LogP contribution in [0.5, 0.6) is 0 Å². The summed E-state index contributed by atoms with van der Waals surface area (Å²) in [5.74, 6) is 0.144. The maximum atomic E-state index is 12.4. The predicted octanol–water partition coefficient (Wildman–Crippen LogP) is 3.88. The Kier molecular flexibility index (Phi) is 4.52. The zero-order valence-corrected chi connectivity index (χ0v) is 14.6. The molecular weight excluding hydrogens is 318 g/mol. The molecule has 1 N–H and O–H groups in total. The minimum absolute atomic E-state index is 0.144. The van der Waals surface area contributed by atoms with Gasteiger partial charge in [0.15, 0.2) is 5.13 Å². The van der Waals surface area contributed by atoms with E-state index in [1.54, 1.807) is 11.3 Å². The summed E-state index contributed by atoms with van der Waals surface area (Å²) >= 11 is 1.74. The summed E-state index contributed by atoms with van der Waals surface area (Å²) in [6.45, 7) is 1.88. The maximum Gasteiger partial charge on any atom is 0.247 e. The van der Waals surface area contributed by atoms with Crippen LogP contribution in [0.4, 0.5) is 5.13 Å². The molecule has 0 saturated carbocycles. The molecule has 1 aromatic carbocycles. The van der Waals surface area contributed by atoms with Crippen molar-refractivity contribution in [1.82, 2.24) is 10.3 Å². The number of amides is 1. The number of hydrogen-bond acceptors (Lipinski definition) is 4. The number of carbonyl (C=O) groups is 1. The second-order valence-electron chi connectivity index (χ2n) is 6.70. The van der Waals surface area contributed by atoms with Crippen molar-refractivity contribution in [3.05, 3.63) is 35.9 Å². The van der Waals surface area contributed by atoms with E-state index in [0.717, 1.165) is 61.4 Å². The number of thiazole rings is 1. The number of aromatic nitrogens is 1. The van der Waals surface area contributed by atoms with E-state index in [0.29, 0.717) is 0 Å². The van der Waals surface area contributed by atoms with Crippen LogP contribution < -0.4 is 10.2 Å². The standard InChI is InChI=1S/C19H23N3OS/c23-18(14-7-2-1-3-8-14)20-15-9-6-12-22(13-15)19-21-16-10-4-5-11-17(16)24-19/h4-5,7,10-11,15H,1-3,6,8-9,12-13H2,(H,20,23)/t15-/m1/s1. The number of nitrogens with one attached hydrogen (secondary N) is 1. The third kappa shape index (κ3) is 3.31.